The summed E-state index contributed by atoms with van der Waals surface area (Å²) < 4.78 is 0. The lowest BCUT2D eigenvalue weighted by Crippen LogP contribution is -2.41. The van der Waals surface area contributed by atoms with Crippen LogP contribution in [0.1, 0.15) is 37.0 Å². The summed E-state index contributed by atoms with van der Waals surface area (Å²) in [5.41, 5.74) is 13.4. The standard InChI is InChI=1S/C14H21N3O/c1-14(2)5-7-17(8-6-14)13(18)11-4-3-10(15)9-12(11)16/h3-4,9H,5-8,15-16H2,1-2H3. The van der Waals surface area contributed by atoms with Crippen molar-refractivity contribution in [1.29, 1.82) is 0 Å². The lowest BCUT2D eigenvalue weighted by Gasteiger charge is -2.37. The Morgan fingerprint density at radius 2 is 1.83 bits per heavy atom. The topological polar surface area (TPSA) is 72.3 Å². The number of likely N-dealkylation sites (tertiary alicyclic amines) is 1. The van der Waals surface area contributed by atoms with E-state index in [2.05, 4.69) is 13.8 Å². The summed E-state index contributed by atoms with van der Waals surface area (Å²) in [6.07, 6.45) is 2.07. The Hall–Kier alpha value is -1.71. The SMILES string of the molecule is CC1(C)CCN(C(=O)c2ccc(N)cc2N)CC1. The van der Waals surface area contributed by atoms with E-state index in [-0.39, 0.29) is 5.91 Å². The number of anilines is 2. The van der Waals surface area contributed by atoms with Gasteiger partial charge in [0.15, 0.2) is 0 Å². The van der Waals surface area contributed by atoms with E-state index in [4.69, 9.17) is 11.5 Å². The van der Waals surface area contributed by atoms with Crippen LogP contribution in [0.2, 0.25) is 0 Å². The number of hydrogen-bond donors (Lipinski definition) is 2. The molecule has 18 heavy (non-hydrogen) atoms. The second kappa shape index (κ2) is 4.52. The minimum absolute atomic E-state index is 0.0167. The first-order chi connectivity index (χ1) is 8.39. The lowest BCUT2D eigenvalue weighted by atomic mass is 9.82. The van der Waals surface area contributed by atoms with Gasteiger partial charge in [0.2, 0.25) is 0 Å². The van der Waals surface area contributed by atoms with E-state index in [9.17, 15) is 4.79 Å². The molecular weight excluding hydrogens is 226 g/mol. The quantitative estimate of drug-likeness (QED) is 0.746. The molecule has 0 atom stereocenters. The van der Waals surface area contributed by atoms with E-state index in [1.165, 1.54) is 0 Å². The first-order valence-electron chi connectivity index (χ1n) is 6.33. The second-order valence-corrected chi connectivity index (χ2v) is 5.80. The Kier molecular flexibility index (Phi) is 3.20. The summed E-state index contributed by atoms with van der Waals surface area (Å²) in [5, 5.41) is 0. The van der Waals surface area contributed by atoms with Crippen molar-refractivity contribution in [3.63, 3.8) is 0 Å². The number of piperidine rings is 1. The maximum Gasteiger partial charge on any atom is 0.255 e. The number of amides is 1. The van der Waals surface area contributed by atoms with Crippen LogP contribution < -0.4 is 11.5 Å². The van der Waals surface area contributed by atoms with Crippen molar-refractivity contribution >= 4 is 17.3 Å². The van der Waals surface area contributed by atoms with Crippen LogP contribution in [0.15, 0.2) is 18.2 Å². The van der Waals surface area contributed by atoms with Crippen LogP contribution in [0.3, 0.4) is 0 Å². The average Bonchev–Trinajstić information content (AvgIpc) is 2.28. The fourth-order valence-corrected chi connectivity index (χ4v) is 2.26. The summed E-state index contributed by atoms with van der Waals surface area (Å²) in [6, 6.07) is 5.07. The Morgan fingerprint density at radius 1 is 1.22 bits per heavy atom. The Labute approximate surface area is 108 Å². The van der Waals surface area contributed by atoms with Gasteiger partial charge < -0.3 is 16.4 Å². The molecule has 0 aliphatic carbocycles. The first-order valence-corrected chi connectivity index (χ1v) is 6.33. The van der Waals surface area contributed by atoms with Gasteiger partial charge in [0, 0.05) is 24.5 Å². The molecule has 1 saturated heterocycles. The summed E-state index contributed by atoms with van der Waals surface area (Å²) in [6.45, 7) is 6.09. The normalized spacial score (nSPS) is 18.7. The number of hydrogen-bond acceptors (Lipinski definition) is 3. The molecule has 0 bridgehead atoms. The van der Waals surface area contributed by atoms with Crippen molar-refractivity contribution in [2.75, 3.05) is 24.6 Å². The first kappa shape index (κ1) is 12.7. The molecule has 98 valence electrons. The molecule has 0 unspecified atom stereocenters. The van der Waals surface area contributed by atoms with Crippen LogP contribution in [0.25, 0.3) is 0 Å². The van der Waals surface area contributed by atoms with Gasteiger partial charge >= 0.3 is 0 Å². The van der Waals surface area contributed by atoms with Gasteiger partial charge in [-0.05, 0) is 36.5 Å². The second-order valence-electron chi connectivity index (χ2n) is 5.80. The molecule has 4 heteroatoms. The number of carbonyl (C=O) groups is 1. The molecule has 1 aliphatic heterocycles. The predicted molar refractivity (Wildman–Crippen MR) is 74.2 cm³/mol. The monoisotopic (exact) mass is 247 g/mol. The van der Waals surface area contributed by atoms with Crippen molar-refractivity contribution in [2.24, 2.45) is 5.41 Å². The molecule has 4 N–H and O–H groups in total. The van der Waals surface area contributed by atoms with Crippen molar-refractivity contribution in [3.05, 3.63) is 23.8 Å². The molecule has 1 aliphatic rings. The fraction of sp³-hybridized carbons (Fsp3) is 0.500. The number of rotatable bonds is 1. The number of benzene rings is 1. The molecular formula is C14H21N3O. The molecule has 1 amide bonds. The fourth-order valence-electron chi connectivity index (χ4n) is 2.26. The summed E-state index contributed by atoms with van der Waals surface area (Å²) in [7, 11) is 0. The summed E-state index contributed by atoms with van der Waals surface area (Å²) in [5.74, 6) is 0.0167. The summed E-state index contributed by atoms with van der Waals surface area (Å²) >= 11 is 0. The number of nitrogens with zero attached hydrogens (tertiary/aromatic N) is 1. The zero-order valence-electron chi connectivity index (χ0n) is 11.1. The van der Waals surface area contributed by atoms with Gasteiger partial charge in [-0.2, -0.15) is 0 Å². The van der Waals surface area contributed by atoms with Gasteiger partial charge in [-0.25, -0.2) is 0 Å². The molecule has 0 radical (unpaired) electrons. The lowest BCUT2D eigenvalue weighted by molar-refractivity contribution is 0.0631. The average molecular weight is 247 g/mol. The van der Waals surface area contributed by atoms with Crippen LogP contribution in [0.4, 0.5) is 11.4 Å². The summed E-state index contributed by atoms with van der Waals surface area (Å²) in [4.78, 5) is 14.2. The zero-order valence-corrected chi connectivity index (χ0v) is 11.1. The molecule has 4 nitrogen and oxygen atoms in total. The van der Waals surface area contributed by atoms with E-state index < -0.39 is 0 Å². The largest absolute Gasteiger partial charge is 0.399 e. The zero-order chi connectivity index (χ0) is 13.3. The highest BCUT2D eigenvalue weighted by Gasteiger charge is 2.28. The third-order valence-corrected chi connectivity index (χ3v) is 3.71. The number of carbonyl (C=O) groups excluding carboxylic acids is 1. The molecule has 1 aromatic rings. The van der Waals surface area contributed by atoms with Gasteiger partial charge in [-0.3, -0.25) is 4.79 Å². The van der Waals surface area contributed by atoms with E-state index in [0.717, 1.165) is 25.9 Å². The van der Waals surface area contributed by atoms with E-state index in [0.29, 0.717) is 22.4 Å². The van der Waals surface area contributed by atoms with E-state index >= 15 is 0 Å². The van der Waals surface area contributed by atoms with Gasteiger partial charge in [-0.1, -0.05) is 13.8 Å². The van der Waals surface area contributed by atoms with Gasteiger partial charge in [0.1, 0.15) is 0 Å². The van der Waals surface area contributed by atoms with Crippen molar-refractivity contribution in [1.82, 2.24) is 4.90 Å². The third kappa shape index (κ3) is 2.58. The van der Waals surface area contributed by atoms with Crippen LogP contribution in [-0.2, 0) is 0 Å². The molecule has 1 heterocycles. The maximum atomic E-state index is 12.3. The number of nitrogens with two attached hydrogens (primary N) is 2. The third-order valence-electron chi connectivity index (χ3n) is 3.71. The van der Waals surface area contributed by atoms with Crippen LogP contribution in [0.5, 0.6) is 0 Å². The Balaban J connectivity index is 2.13. The Bertz CT molecular complexity index is 458. The molecule has 1 fully saturated rings. The molecule has 0 saturated carbocycles. The Morgan fingerprint density at radius 3 is 2.39 bits per heavy atom. The molecule has 0 spiro atoms. The van der Waals surface area contributed by atoms with Crippen molar-refractivity contribution in [2.45, 2.75) is 26.7 Å². The molecule has 0 aromatic heterocycles. The van der Waals surface area contributed by atoms with Crippen LogP contribution >= 0.6 is 0 Å². The van der Waals surface area contributed by atoms with Crippen molar-refractivity contribution in [3.8, 4) is 0 Å². The highest BCUT2D eigenvalue weighted by atomic mass is 16.2. The van der Waals surface area contributed by atoms with Crippen molar-refractivity contribution < 1.29 is 4.79 Å². The minimum atomic E-state index is 0.0167. The van der Waals surface area contributed by atoms with Gasteiger partial charge in [-0.15, -0.1) is 0 Å². The van der Waals surface area contributed by atoms with Gasteiger partial charge in [0.25, 0.3) is 5.91 Å². The van der Waals surface area contributed by atoms with Gasteiger partial charge in [0.05, 0.1) is 5.56 Å². The number of nitrogen functional groups attached to an aromatic ring is 2. The highest BCUT2D eigenvalue weighted by molar-refractivity contribution is 5.99. The smallest absolute Gasteiger partial charge is 0.255 e. The maximum absolute atomic E-state index is 12.3. The molecule has 1 aromatic carbocycles. The van der Waals surface area contributed by atoms with Crippen LogP contribution in [-0.4, -0.2) is 23.9 Å². The highest BCUT2D eigenvalue weighted by Crippen LogP contribution is 2.30. The minimum Gasteiger partial charge on any atom is -0.399 e. The molecule has 2 rings (SSSR count). The van der Waals surface area contributed by atoms with E-state index in [1.54, 1.807) is 18.2 Å². The predicted octanol–water partition coefficient (Wildman–Crippen LogP) is 2.11. The van der Waals surface area contributed by atoms with E-state index in [1.807, 2.05) is 4.90 Å². The van der Waals surface area contributed by atoms with Crippen LogP contribution in [0, 0.1) is 5.41 Å².